The molecule has 1 saturated carbocycles. The highest BCUT2D eigenvalue weighted by atomic mass is 19.4. The van der Waals surface area contributed by atoms with Crippen molar-refractivity contribution in [1.29, 1.82) is 0 Å². The third kappa shape index (κ3) is 3.30. The normalized spacial score (nSPS) is 25.1. The van der Waals surface area contributed by atoms with E-state index in [1.807, 2.05) is 0 Å². The molecule has 1 aliphatic rings. The van der Waals surface area contributed by atoms with Gasteiger partial charge in [-0.2, -0.15) is 43.9 Å². The Kier molecular flexibility index (Phi) is 5.69. The van der Waals surface area contributed by atoms with Gasteiger partial charge >= 0.3 is 41.9 Å². The second-order valence-electron chi connectivity index (χ2n) is 4.03. The predicted molar refractivity (Wildman–Crippen MR) is 47.9 cm³/mol. The highest BCUT2D eigenvalue weighted by molar-refractivity contribution is 5.60. The van der Waals surface area contributed by atoms with Gasteiger partial charge in [0.2, 0.25) is 6.17 Å². The SMILES string of the molecule is FC1C(F)(F)C(F)(F)C(F)(F)C(F)(F)C1(F)F.O=C(O)OOC(=O)O. The van der Waals surface area contributed by atoms with Crippen LogP contribution in [0.2, 0.25) is 0 Å². The quantitative estimate of drug-likeness (QED) is 0.363. The van der Waals surface area contributed by atoms with Crippen LogP contribution in [0.5, 0.6) is 0 Å². The average Bonchev–Trinajstić information content (AvgIpc) is 2.43. The van der Waals surface area contributed by atoms with Gasteiger partial charge in [0, 0.05) is 0 Å². The molecule has 2 N–H and O–H groups in total. The molecular weight excluding hydrogens is 401 g/mol. The van der Waals surface area contributed by atoms with E-state index in [1.165, 1.54) is 0 Å². The minimum Gasteiger partial charge on any atom is -0.447 e. The summed E-state index contributed by atoms with van der Waals surface area (Å²) in [5.41, 5.74) is 0. The zero-order valence-corrected chi connectivity index (χ0v) is 10.8. The number of carbonyl (C=O) groups is 2. The van der Waals surface area contributed by atoms with Gasteiger partial charge in [0.25, 0.3) is 0 Å². The Hall–Kier alpha value is -2.23. The summed E-state index contributed by atoms with van der Waals surface area (Å²) in [4.78, 5) is 24.8. The average molecular weight is 404 g/mol. The van der Waals surface area contributed by atoms with Crippen molar-refractivity contribution in [3.8, 4) is 0 Å². The first-order chi connectivity index (χ1) is 10.8. The molecule has 0 aromatic carbocycles. The van der Waals surface area contributed by atoms with Crippen LogP contribution in [-0.4, -0.2) is 58.3 Å². The molecule has 1 fully saturated rings. The third-order valence-electron chi connectivity index (χ3n) is 2.45. The number of hydrogen-bond donors (Lipinski definition) is 2. The lowest BCUT2D eigenvalue weighted by atomic mass is 9.81. The monoisotopic (exact) mass is 404 g/mol. The van der Waals surface area contributed by atoms with Crippen LogP contribution < -0.4 is 0 Å². The van der Waals surface area contributed by atoms with Gasteiger partial charge < -0.3 is 10.2 Å². The summed E-state index contributed by atoms with van der Waals surface area (Å²) in [7, 11) is 0. The molecule has 1 rings (SSSR count). The summed E-state index contributed by atoms with van der Waals surface area (Å²) in [5.74, 6) is -34.2. The maximum absolute atomic E-state index is 12.3. The van der Waals surface area contributed by atoms with Crippen molar-refractivity contribution >= 4 is 12.3 Å². The zero-order chi connectivity index (χ0) is 20.6. The predicted octanol–water partition coefficient (Wildman–Crippen LogP) is 3.81. The van der Waals surface area contributed by atoms with E-state index < -0.39 is 48.1 Å². The first-order valence-corrected chi connectivity index (χ1v) is 5.12. The molecule has 17 heteroatoms. The van der Waals surface area contributed by atoms with Crippen LogP contribution in [0.1, 0.15) is 0 Å². The Morgan fingerprint density at radius 3 is 1.08 bits per heavy atom. The van der Waals surface area contributed by atoms with Crippen molar-refractivity contribution in [2.45, 2.75) is 35.8 Å². The lowest BCUT2D eigenvalue weighted by Gasteiger charge is -2.46. The van der Waals surface area contributed by atoms with Crippen LogP contribution in [0.25, 0.3) is 0 Å². The van der Waals surface area contributed by atoms with Gasteiger partial charge in [-0.3, -0.25) is 0 Å². The molecule has 0 atom stereocenters. The number of rotatable bonds is 0. The smallest absolute Gasteiger partial charge is 0.447 e. The van der Waals surface area contributed by atoms with Crippen LogP contribution in [0, 0.1) is 0 Å². The molecule has 0 radical (unpaired) electrons. The first-order valence-electron chi connectivity index (χ1n) is 5.12. The Balaban J connectivity index is 0.000000609. The molecule has 148 valence electrons. The van der Waals surface area contributed by atoms with E-state index in [2.05, 4.69) is 9.78 Å². The second kappa shape index (κ2) is 6.25. The van der Waals surface area contributed by atoms with E-state index in [9.17, 15) is 57.9 Å². The van der Waals surface area contributed by atoms with Crippen LogP contribution >= 0.6 is 0 Å². The zero-order valence-electron chi connectivity index (χ0n) is 10.8. The molecule has 1 aliphatic carbocycles. The molecule has 0 aromatic rings. The molecule has 0 unspecified atom stereocenters. The van der Waals surface area contributed by atoms with Gasteiger partial charge in [-0.1, -0.05) is 0 Å². The maximum atomic E-state index is 12.3. The number of alkyl halides is 11. The summed E-state index contributed by atoms with van der Waals surface area (Å²) < 4.78 is 135. The molecule has 0 spiro atoms. The second-order valence-corrected chi connectivity index (χ2v) is 4.03. The number of halogens is 11. The Morgan fingerprint density at radius 2 is 0.880 bits per heavy atom. The van der Waals surface area contributed by atoms with Gasteiger partial charge in [-0.25, -0.2) is 23.8 Å². The van der Waals surface area contributed by atoms with Crippen molar-refractivity contribution in [1.82, 2.24) is 0 Å². The van der Waals surface area contributed by atoms with Gasteiger partial charge in [0.15, 0.2) is 0 Å². The van der Waals surface area contributed by atoms with E-state index >= 15 is 0 Å². The minimum atomic E-state index is -7.09. The fraction of sp³-hybridized carbons (Fsp3) is 0.750. The topological polar surface area (TPSA) is 93.1 Å². The van der Waals surface area contributed by atoms with E-state index in [0.29, 0.717) is 0 Å². The molecule has 6 nitrogen and oxygen atoms in total. The van der Waals surface area contributed by atoms with Crippen molar-refractivity contribution in [2.75, 3.05) is 0 Å². The molecule has 0 bridgehead atoms. The number of hydrogen-bond acceptors (Lipinski definition) is 4. The Morgan fingerprint density at radius 1 is 0.640 bits per heavy atom. The van der Waals surface area contributed by atoms with Crippen molar-refractivity contribution < 1.29 is 77.9 Å². The van der Waals surface area contributed by atoms with Crippen LogP contribution in [0.3, 0.4) is 0 Å². The Bertz CT molecular complexity index is 489. The lowest BCUT2D eigenvalue weighted by molar-refractivity contribution is -0.461. The molecule has 0 saturated heterocycles. The molecule has 25 heavy (non-hydrogen) atoms. The van der Waals surface area contributed by atoms with Gasteiger partial charge in [0.1, 0.15) is 0 Å². The van der Waals surface area contributed by atoms with Crippen LogP contribution in [0.4, 0.5) is 57.9 Å². The van der Waals surface area contributed by atoms with Gasteiger partial charge in [-0.05, 0) is 0 Å². The highest BCUT2D eigenvalue weighted by Gasteiger charge is 2.96. The molecular formula is C8H3F11O6. The van der Waals surface area contributed by atoms with E-state index in [-0.39, 0.29) is 0 Å². The first kappa shape index (κ1) is 22.8. The largest absolute Gasteiger partial charge is 0.547 e. The summed E-state index contributed by atoms with van der Waals surface area (Å²) in [5, 5.41) is 15.1. The molecule has 0 aromatic heterocycles. The standard InChI is InChI=1S/C6HF11.C2H2O6/c7-1-2(8,9)4(12,13)6(16,17)5(14,15)3(1,10)11;3-1(4)7-8-2(5)6/h1H;(H,3,4)(H,5,6). The Labute approximate surface area is 127 Å². The summed E-state index contributed by atoms with van der Waals surface area (Å²) >= 11 is 0. The molecule has 0 heterocycles. The maximum Gasteiger partial charge on any atom is 0.547 e. The molecule has 0 aliphatic heterocycles. The van der Waals surface area contributed by atoms with E-state index in [1.54, 1.807) is 0 Å². The fourth-order valence-corrected chi connectivity index (χ4v) is 1.23. The van der Waals surface area contributed by atoms with Crippen LogP contribution in [0.15, 0.2) is 0 Å². The summed E-state index contributed by atoms with van der Waals surface area (Å²) in [6, 6.07) is 0. The van der Waals surface area contributed by atoms with E-state index in [0.717, 1.165) is 0 Å². The molecule has 0 amide bonds. The van der Waals surface area contributed by atoms with Crippen molar-refractivity contribution in [3.05, 3.63) is 0 Å². The van der Waals surface area contributed by atoms with Gasteiger partial charge in [0.05, 0.1) is 0 Å². The van der Waals surface area contributed by atoms with Crippen molar-refractivity contribution in [3.63, 3.8) is 0 Å². The van der Waals surface area contributed by atoms with Crippen LogP contribution in [-0.2, 0) is 9.78 Å². The summed E-state index contributed by atoms with van der Waals surface area (Å²) in [6.07, 6.45) is -9.03. The van der Waals surface area contributed by atoms with E-state index in [4.69, 9.17) is 10.2 Å². The fourth-order valence-electron chi connectivity index (χ4n) is 1.23. The van der Waals surface area contributed by atoms with Crippen molar-refractivity contribution in [2.24, 2.45) is 0 Å². The lowest BCUT2D eigenvalue weighted by Crippen LogP contribution is -2.78. The number of carboxylic acid groups (broad SMARTS) is 2. The minimum absolute atomic E-state index is 1.80. The summed E-state index contributed by atoms with van der Waals surface area (Å²) in [6.45, 7) is 0. The highest BCUT2D eigenvalue weighted by Crippen LogP contribution is 2.65. The van der Waals surface area contributed by atoms with Gasteiger partial charge in [-0.15, -0.1) is 0 Å². The third-order valence-corrected chi connectivity index (χ3v) is 2.45.